The highest BCUT2D eigenvalue weighted by Crippen LogP contribution is 2.36. The van der Waals surface area contributed by atoms with E-state index in [-0.39, 0.29) is 18.9 Å². The molecule has 2 N–H and O–H groups in total. The first-order valence-corrected chi connectivity index (χ1v) is 8.51. The molecule has 0 unspecified atom stereocenters. The van der Waals surface area contributed by atoms with Gasteiger partial charge >= 0.3 is 5.97 Å². The van der Waals surface area contributed by atoms with Gasteiger partial charge in [0.15, 0.2) is 6.61 Å². The first kappa shape index (κ1) is 17.1. The lowest BCUT2D eigenvalue weighted by Crippen LogP contribution is -2.33. The van der Waals surface area contributed by atoms with Crippen LogP contribution >= 0.6 is 11.8 Å². The van der Waals surface area contributed by atoms with E-state index in [1.54, 1.807) is 18.2 Å². The molecule has 25 heavy (non-hydrogen) atoms. The van der Waals surface area contributed by atoms with Crippen molar-refractivity contribution in [2.24, 2.45) is 0 Å². The van der Waals surface area contributed by atoms with E-state index in [2.05, 4.69) is 10.6 Å². The molecular weight excluding hydrogens is 344 g/mol. The van der Waals surface area contributed by atoms with E-state index >= 15 is 0 Å². The number of anilines is 1. The van der Waals surface area contributed by atoms with Gasteiger partial charge in [-0.1, -0.05) is 12.1 Å². The molecule has 0 fully saturated rings. The van der Waals surface area contributed by atoms with E-state index in [1.165, 1.54) is 18.0 Å². The number of fused-ring (bicyclic) bond motifs is 1. The van der Waals surface area contributed by atoms with E-state index in [1.807, 2.05) is 18.2 Å². The van der Waals surface area contributed by atoms with Gasteiger partial charge in [-0.2, -0.15) is 0 Å². The Bertz CT molecular complexity index is 775. The smallest absolute Gasteiger partial charge is 0.307 e. The second-order valence-corrected chi connectivity index (χ2v) is 6.56. The maximum atomic E-state index is 12.0. The number of rotatable bonds is 6. The Balaban J connectivity index is 1.43. The average molecular weight is 360 g/mol. The Morgan fingerprint density at radius 1 is 1.24 bits per heavy atom. The molecule has 1 atom stereocenters. The van der Waals surface area contributed by atoms with Gasteiger partial charge in [0.2, 0.25) is 5.91 Å². The fourth-order valence-electron chi connectivity index (χ4n) is 2.23. The van der Waals surface area contributed by atoms with E-state index < -0.39 is 23.7 Å². The predicted octanol–water partition coefficient (Wildman–Crippen LogP) is 1.94. The number of para-hydroxylation sites is 1. The first-order valence-electron chi connectivity index (χ1n) is 7.63. The maximum Gasteiger partial charge on any atom is 0.307 e. The number of thioether (sulfide) groups is 1. The molecule has 0 aliphatic carbocycles. The standard InChI is InChI=1S/C17H16N2O5S/c20-15(18-9-11-4-3-7-23-11)10-24-16(21)8-14-17(22)19-12-5-1-2-6-13(12)25-14/h1-7,14H,8-10H2,(H,18,20)(H,19,22)/t14-/m1/s1. The zero-order chi connectivity index (χ0) is 17.6. The number of esters is 1. The van der Waals surface area contributed by atoms with Crippen LogP contribution in [0.1, 0.15) is 12.2 Å². The summed E-state index contributed by atoms with van der Waals surface area (Å²) in [5, 5.41) is 4.75. The van der Waals surface area contributed by atoms with Crippen molar-refractivity contribution in [3.63, 3.8) is 0 Å². The summed E-state index contributed by atoms with van der Waals surface area (Å²) in [5.74, 6) is -0.674. The third kappa shape index (κ3) is 4.63. The minimum absolute atomic E-state index is 0.101. The predicted molar refractivity (Wildman–Crippen MR) is 90.8 cm³/mol. The summed E-state index contributed by atoms with van der Waals surface area (Å²) in [4.78, 5) is 36.5. The fourth-order valence-corrected chi connectivity index (χ4v) is 3.33. The van der Waals surface area contributed by atoms with E-state index in [4.69, 9.17) is 9.15 Å². The molecule has 0 saturated carbocycles. The van der Waals surface area contributed by atoms with Gasteiger partial charge in [0, 0.05) is 4.90 Å². The van der Waals surface area contributed by atoms with Crippen LogP contribution in [0.3, 0.4) is 0 Å². The largest absolute Gasteiger partial charge is 0.467 e. The third-order valence-corrected chi connectivity index (χ3v) is 4.74. The third-order valence-electron chi connectivity index (χ3n) is 3.46. The van der Waals surface area contributed by atoms with Crippen LogP contribution in [0.15, 0.2) is 52.0 Å². The number of nitrogens with one attached hydrogen (secondary N) is 2. The van der Waals surface area contributed by atoms with Crippen molar-refractivity contribution in [3.8, 4) is 0 Å². The molecule has 130 valence electrons. The molecule has 8 heteroatoms. The summed E-state index contributed by atoms with van der Waals surface area (Å²) in [6.45, 7) is -0.170. The molecule has 2 aromatic rings. The maximum absolute atomic E-state index is 12.0. The van der Waals surface area contributed by atoms with E-state index in [9.17, 15) is 14.4 Å². The Morgan fingerprint density at radius 2 is 2.08 bits per heavy atom. The van der Waals surface area contributed by atoms with Crippen LogP contribution < -0.4 is 10.6 Å². The van der Waals surface area contributed by atoms with Crippen molar-refractivity contribution < 1.29 is 23.5 Å². The lowest BCUT2D eigenvalue weighted by atomic mass is 10.2. The minimum Gasteiger partial charge on any atom is -0.467 e. The van der Waals surface area contributed by atoms with Gasteiger partial charge in [0.05, 0.1) is 30.2 Å². The van der Waals surface area contributed by atoms with Gasteiger partial charge in [-0.05, 0) is 24.3 Å². The number of ether oxygens (including phenoxy) is 1. The molecule has 0 saturated heterocycles. The highest BCUT2D eigenvalue weighted by molar-refractivity contribution is 8.01. The summed E-state index contributed by atoms with van der Waals surface area (Å²) in [6.07, 6.45) is 1.41. The van der Waals surface area contributed by atoms with Crippen LogP contribution in [0, 0.1) is 0 Å². The monoisotopic (exact) mass is 360 g/mol. The van der Waals surface area contributed by atoms with Crippen LogP contribution in [-0.2, 0) is 25.7 Å². The molecular formula is C17H16N2O5S. The lowest BCUT2D eigenvalue weighted by molar-refractivity contribution is -0.149. The molecule has 1 aliphatic heterocycles. The Morgan fingerprint density at radius 3 is 2.88 bits per heavy atom. The van der Waals surface area contributed by atoms with Gasteiger partial charge in [-0.25, -0.2) is 0 Å². The summed E-state index contributed by atoms with van der Waals surface area (Å²) in [6, 6.07) is 10.8. The molecule has 0 radical (unpaired) electrons. The van der Waals surface area contributed by atoms with Crippen LogP contribution in [0.25, 0.3) is 0 Å². The quantitative estimate of drug-likeness (QED) is 0.764. The van der Waals surface area contributed by atoms with Crippen LogP contribution in [0.2, 0.25) is 0 Å². The Kier molecular flexibility index (Phi) is 5.39. The molecule has 2 amide bonds. The molecule has 7 nitrogen and oxygen atoms in total. The number of amides is 2. The highest BCUT2D eigenvalue weighted by Gasteiger charge is 2.29. The van der Waals surface area contributed by atoms with Crippen molar-refractivity contribution in [1.82, 2.24) is 5.32 Å². The Labute approximate surface area is 148 Å². The van der Waals surface area contributed by atoms with Crippen LogP contribution in [-0.4, -0.2) is 29.6 Å². The molecule has 1 aromatic heterocycles. The van der Waals surface area contributed by atoms with Crippen LogP contribution in [0.5, 0.6) is 0 Å². The van der Waals surface area contributed by atoms with Gasteiger partial charge in [0.1, 0.15) is 5.76 Å². The summed E-state index contributed by atoms with van der Waals surface area (Å²) >= 11 is 1.31. The number of hydrogen-bond donors (Lipinski definition) is 2. The SMILES string of the molecule is O=C(COC(=O)C[C@H]1Sc2ccccc2NC1=O)NCc1ccco1. The van der Waals surface area contributed by atoms with Gasteiger partial charge in [-0.15, -0.1) is 11.8 Å². The molecule has 1 aromatic carbocycles. The first-order chi connectivity index (χ1) is 12.1. The molecule has 1 aliphatic rings. The zero-order valence-corrected chi connectivity index (χ0v) is 14.0. The summed E-state index contributed by atoms with van der Waals surface area (Å²) in [7, 11) is 0. The molecule has 3 rings (SSSR count). The topological polar surface area (TPSA) is 97.6 Å². The van der Waals surface area contributed by atoms with Crippen molar-refractivity contribution in [2.45, 2.75) is 23.1 Å². The van der Waals surface area contributed by atoms with Crippen LogP contribution in [0.4, 0.5) is 5.69 Å². The number of carbonyl (C=O) groups excluding carboxylic acids is 3. The number of furan rings is 1. The van der Waals surface area contributed by atoms with E-state index in [0.29, 0.717) is 5.76 Å². The number of carbonyl (C=O) groups is 3. The second kappa shape index (κ2) is 7.89. The molecule has 2 heterocycles. The summed E-state index contributed by atoms with van der Waals surface area (Å²) < 4.78 is 10.0. The van der Waals surface area contributed by atoms with Crippen molar-refractivity contribution in [3.05, 3.63) is 48.4 Å². The fraction of sp³-hybridized carbons (Fsp3) is 0.235. The lowest BCUT2D eigenvalue weighted by Gasteiger charge is -2.23. The second-order valence-electron chi connectivity index (χ2n) is 5.31. The Hall–Kier alpha value is -2.74. The molecule has 0 bridgehead atoms. The van der Waals surface area contributed by atoms with Crippen molar-refractivity contribution in [1.29, 1.82) is 0 Å². The van der Waals surface area contributed by atoms with Gasteiger partial charge in [0.25, 0.3) is 5.91 Å². The molecule has 0 spiro atoms. The van der Waals surface area contributed by atoms with Gasteiger partial charge in [-0.3, -0.25) is 14.4 Å². The van der Waals surface area contributed by atoms with Crippen molar-refractivity contribution in [2.75, 3.05) is 11.9 Å². The van der Waals surface area contributed by atoms with Crippen molar-refractivity contribution >= 4 is 35.2 Å². The zero-order valence-electron chi connectivity index (χ0n) is 13.2. The normalized spacial score (nSPS) is 15.8. The highest BCUT2D eigenvalue weighted by atomic mass is 32.2. The van der Waals surface area contributed by atoms with Gasteiger partial charge < -0.3 is 19.8 Å². The average Bonchev–Trinajstić information content (AvgIpc) is 3.12. The summed E-state index contributed by atoms with van der Waals surface area (Å²) in [5.41, 5.74) is 0.736. The number of hydrogen-bond acceptors (Lipinski definition) is 6. The number of benzene rings is 1. The minimum atomic E-state index is -0.597. The van der Waals surface area contributed by atoms with E-state index in [0.717, 1.165) is 10.6 Å².